The first-order valence-corrected chi connectivity index (χ1v) is 4.95. The Bertz CT molecular complexity index is 241. The molecule has 1 heteroatoms. The van der Waals surface area contributed by atoms with E-state index in [0.717, 1.165) is 6.42 Å². The van der Waals surface area contributed by atoms with Gasteiger partial charge in [-0.2, -0.15) is 0 Å². The zero-order chi connectivity index (χ0) is 9.15. The van der Waals surface area contributed by atoms with Crippen molar-refractivity contribution in [3.8, 4) is 0 Å². The van der Waals surface area contributed by atoms with E-state index >= 15 is 0 Å². The van der Waals surface area contributed by atoms with E-state index in [9.17, 15) is 4.79 Å². The quantitative estimate of drug-likeness (QED) is 0.540. The average molecular weight is 166 g/mol. The van der Waals surface area contributed by atoms with Crippen LogP contribution in [-0.2, 0) is 4.79 Å². The highest BCUT2D eigenvalue weighted by atomic mass is 16.1. The number of fused-ring (bicyclic) bond motifs is 2. The standard InChI is InChI=1S/C11H18O/c1-7-8-5-6-11(7,4)9(12)10(8,2)3/h7-8H,5-6H2,1-4H3. The smallest absolute Gasteiger partial charge is 0.144 e. The zero-order valence-corrected chi connectivity index (χ0v) is 8.48. The molecular weight excluding hydrogens is 148 g/mol. The maximum atomic E-state index is 12.0. The molecule has 0 heterocycles. The van der Waals surface area contributed by atoms with E-state index in [1.807, 2.05) is 0 Å². The van der Waals surface area contributed by atoms with Gasteiger partial charge in [-0.25, -0.2) is 0 Å². The minimum absolute atomic E-state index is 0.0220. The Morgan fingerprint density at radius 2 is 1.92 bits per heavy atom. The summed E-state index contributed by atoms with van der Waals surface area (Å²) < 4.78 is 0. The molecule has 0 spiro atoms. The normalized spacial score (nSPS) is 50.2. The molecule has 0 saturated heterocycles. The van der Waals surface area contributed by atoms with Crippen molar-refractivity contribution in [1.82, 2.24) is 0 Å². The van der Waals surface area contributed by atoms with Crippen LogP contribution < -0.4 is 0 Å². The van der Waals surface area contributed by atoms with Crippen molar-refractivity contribution in [3.05, 3.63) is 0 Å². The van der Waals surface area contributed by atoms with Crippen molar-refractivity contribution < 1.29 is 4.79 Å². The van der Waals surface area contributed by atoms with Gasteiger partial charge in [0.25, 0.3) is 0 Å². The van der Waals surface area contributed by atoms with Crippen LogP contribution in [0.15, 0.2) is 0 Å². The van der Waals surface area contributed by atoms with Crippen LogP contribution in [0, 0.1) is 22.7 Å². The third-order valence-corrected chi connectivity index (χ3v) is 4.61. The van der Waals surface area contributed by atoms with Crippen molar-refractivity contribution in [2.24, 2.45) is 22.7 Å². The number of hydrogen-bond donors (Lipinski definition) is 0. The van der Waals surface area contributed by atoms with Crippen LogP contribution in [0.3, 0.4) is 0 Å². The van der Waals surface area contributed by atoms with Gasteiger partial charge in [0.15, 0.2) is 0 Å². The minimum Gasteiger partial charge on any atom is -0.298 e. The highest BCUT2D eigenvalue weighted by molar-refractivity contribution is 5.93. The Balaban J connectivity index is 2.48. The molecule has 3 atom stereocenters. The summed E-state index contributed by atoms with van der Waals surface area (Å²) in [6.07, 6.45) is 2.39. The fraction of sp³-hybridized carbons (Fsp3) is 0.909. The van der Waals surface area contributed by atoms with E-state index in [4.69, 9.17) is 0 Å². The summed E-state index contributed by atoms with van der Waals surface area (Å²) in [5.74, 6) is 1.77. The summed E-state index contributed by atoms with van der Waals surface area (Å²) >= 11 is 0. The summed E-state index contributed by atoms with van der Waals surface area (Å²) in [5, 5.41) is 0. The largest absolute Gasteiger partial charge is 0.298 e. The molecule has 12 heavy (non-hydrogen) atoms. The average Bonchev–Trinajstić information content (AvgIpc) is 2.32. The van der Waals surface area contributed by atoms with Crippen LogP contribution >= 0.6 is 0 Å². The maximum absolute atomic E-state index is 12.0. The van der Waals surface area contributed by atoms with Gasteiger partial charge in [-0.15, -0.1) is 0 Å². The molecule has 0 aromatic carbocycles. The summed E-state index contributed by atoms with van der Waals surface area (Å²) in [6, 6.07) is 0. The molecule has 2 bridgehead atoms. The number of rotatable bonds is 0. The molecule has 0 aromatic rings. The van der Waals surface area contributed by atoms with Gasteiger partial charge in [-0.3, -0.25) is 4.79 Å². The first-order chi connectivity index (χ1) is 5.40. The van der Waals surface area contributed by atoms with E-state index in [1.54, 1.807) is 0 Å². The Kier molecular flexibility index (Phi) is 1.34. The Hall–Kier alpha value is -0.330. The van der Waals surface area contributed by atoms with Crippen molar-refractivity contribution in [1.29, 1.82) is 0 Å². The second-order valence-corrected chi connectivity index (χ2v) is 5.40. The number of Topliss-reactive ketones (excluding diaryl/α,β-unsaturated/α-hetero) is 1. The van der Waals surface area contributed by atoms with E-state index in [-0.39, 0.29) is 10.8 Å². The molecule has 0 amide bonds. The fourth-order valence-corrected chi connectivity index (χ4v) is 3.59. The van der Waals surface area contributed by atoms with Crippen LogP contribution in [-0.4, -0.2) is 5.78 Å². The summed E-state index contributed by atoms with van der Waals surface area (Å²) in [5.41, 5.74) is -0.0133. The van der Waals surface area contributed by atoms with Crippen molar-refractivity contribution in [2.75, 3.05) is 0 Å². The zero-order valence-electron chi connectivity index (χ0n) is 8.48. The number of hydrogen-bond acceptors (Lipinski definition) is 1. The first kappa shape index (κ1) is 8.28. The predicted octanol–water partition coefficient (Wildman–Crippen LogP) is 2.65. The summed E-state index contributed by atoms with van der Waals surface area (Å²) in [7, 11) is 0. The maximum Gasteiger partial charge on any atom is 0.144 e. The van der Waals surface area contributed by atoms with Crippen LogP contribution in [0.1, 0.15) is 40.5 Å². The number of carbonyl (C=O) groups excluding carboxylic acids is 1. The van der Waals surface area contributed by atoms with Gasteiger partial charge in [-0.1, -0.05) is 27.7 Å². The molecule has 0 N–H and O–H groups in total. The van der Waals surface area contributed by atoms with Crippen LogP contribution in [0.25, 0.3) is 0 Å². The second-order valence-electron chi connectivity index (χ2n) is 5.40. The van der Waals surface area contributed by atoms with Gasteiger partial charge in [0.1, 0.15) is 5.78 Å². The van der Waals surface area contributed by atoms with E-state index in [2.05, 4.69) is 27.7 Å². The van der Waals surface area contributed by atoms with Gasteiger partial charge in [0, 0.05) is 10.8 Å². The number of carbonyl (C=O) groups is 1. The van der Waals surface area contributed by atoms with Crippen molar-refractivity contribution >= 4 is 5.78 Å². The minimum atomic E-state index is -0.0353. The molecule has 0 aromatic heterocycles. The summed E-state index contributed by atoms with van der Waals surface area (Å²) in [4.78, 5) is 12.0. The van der Waals surface area contributed by atoms with Gasteiger partial charge in [0.05, 0.1) is 0 Å². The molecular formula is C11H18O. The first-order valence-electron chi connectivity index (χ1n) is 4.95. The molecule has 0 radical (unpaired) electrons. The van der Waals surface area contributed by atoms with E-state index < -0.39 is 0 Å². The molecule has 2 aliphatic carbocycles. The van der Waals surface area contributed by atoms with E-state index in [1.165, 1.54) is 6.42 Å². The second kappa shape index (κ2) is 1.94. The fourth-order valence-electron chi connectivity index (χ4n) is 3.59. The summed E-state index contributed by atoms with van der Waals surface area (Å²) in [6.45, 7) is 8.67. The highest BCUT2D eigenvalue weighted by Crippen LogP contribution is 2.63. The molecule has 2 fully saturated rings. The van der Waals surface area contributed by atoms with Gasteiger partial charge in [-0.05, 0) is 24.7 Å². The lowest BCUT2D eigenvalue weighted by Crippen LogP contribution is -2.35. The topological polar surface area (TPSA) is 17.1 Å². The lowest BCUT2D eigenvalue weighted by Gasteiger charge is -2.30. The molecule has 68 valence electrons. The Morgan fingerprint density at radius 3 is 2.17 bits per heavy atom. The highest BCUT2D eigenvalue weighted by Gasteiger charge is 2.63. The molecule has 2 aliphatic rings. The lowest BCUT2D eigenvalue weighted by atomic mass is 9.72. The molecule has 0 aliphatic heterocycles. The molecule has 1 nitrogen and oxygen atoms in total. The lowest BCUT2D eigenvalue weighted by molar-refractivity contribution is -0.135. The van der Waals surface area contributed by atoms with Gasteiger partial charge in [0.2, 0.25) is 0 Å². The third kappa shape index (κ3) is 0.641. The van der Waals surface area contributed by atoms with Crippen LogP contribution in [0.5, 0.6) is 0 Å². The Morgan fingerprint density at radius 1 is 1.33 bits per heavy atom. The van der Waals surface area contributed by atoms with Gasteiger partial charge < -0.3 is 0 Å². The van der Waals surface area contributed by atoms with Crippen molar-refractivity contribution in [2.45, 2.75) is 40.5 Å². The third-order valence-electron chi connectivity index (χ3n) is 4.61. The van der Waals surface area contributed by atoms with Crippen LogP contribution in [0.4, 0.5) is 0 Å². The SMILES string of the molecule is CC1C2CCC1(C)C(=O)C2(C)C. The van der Waals surface area contributed by atoms with Crippen LogP contribution in [0.2, 0.25) is 0 Å². The van der Waals surface area contributed by atoms with Gasteiger partial charge >= 0.3 is 0 Å². The van der Waals surface area contributed by atoms with Crippen molar-refractivity contribution in [3.63, 3.8) is 0 Å². The molecule has 3 unspecified atom stereocenters. The monoisotopic (exact) mass is 166 g/mol. The molecule has 2 rings (SSSR count). The van der Waals surface area contributed by atoms with E-state index in [0.29, 0.717) is 17.6 Å². The molecule has 2 saturated carbocycles. The predicted molar refractivity (Wildman–Crippen MR) is 48.8 cm³/mol. The number of ketones is 1. The Labute approximate surface area is 74.5 Å².